The molecule has 7 heteroatoms. The van der Waals surface area contributed by atoms with E-state index in [-0.39, 0.29) is 24.1 Å². The molecule has 4 nitrogen and oxygen atoms in total. The van der Waals surface area contributed by atoms with Crippen molar-refractivity contribution in [2.75, 3.05) is 6.54 Å². The van der Waals surface area contributed by atoms with Crippen LogP contribution in [0, 0.1) is 23.2 Å². The van der Waals surface area contributed by atoms with Gasteiger partial charge in [0, 0.05) is 23.4 Å². The van der Waals surface area contributed by atoms with E-state index >= 15 is 0 Å². The second-order valence-electron chi connectivity index (χ2n) is 3.38. The van der Waals surface area contributed by atoms with E-state index in [2.05, 4.69) is 21.9 Å². The Labute approximate surface area is 107 Å². The summed E-state index contributed by atoms with van der Waals surface area (Å²) >= 11 is 0. The number of rotatable bonds is 2. The van der Waals surface area contributed by atoms with E-state index < -0.39 is 11.7 Å². The summed E-state index contributed by atoms with van der Waals surface area (Å²) in [6.45, 7) is 0.0983. The Morgan fingerprint density at radius 3 is 2.68 bits per heavy atom. The second-order valence-corrected chi connectivity index (χ2v) is 3.38. The topological polar surface area (TPSA) is 72.5 Å². The first-order chi connectivity index (χ1) is 8.99. The van der Waals surface area contributed by atoms with Gasteiger partial charge in [-0.05, 0) is 23.7 Å². The van der Waals surface area contributed by atoms with Gasteiger partial charge >= 0.3 is 6.18 Å². The summed E-state index contributed by atoms with van der Waals surface area (Å²) in [6, 6.07) is 4.83. The summed E-state index contributed by atoms with van der Waals surface area (Å²) < 4.78 is 38.3. The Balaban J connectivity index is 3.07. The summed E-state index contributed by atoms with van der Waals surface area (Å²) in [4.78, 5) is 2.50. The predicted molar refractivity (Wildman–Crippen MR) is 61.7 cm³/mol. The van der Waals surface area contributed by atoms with Crippen molar-refractivity contribution in [1.29, 1.82) is 5.26 Å². The first kappa shape index (κ1) is 14.4. The largest absolute Gasteiger partial charge is 0.417 e. The second kappa shape index (κ2) is 6.34. The first-order valence-electron chi connectivity index (χ1n) is 5.10. The molecule has 0 saturated carbocycles. The van der Waals surface area contributed by atoms with E-state index in [1.807, 2.05) is 0 Å². The summed E-state index contributed by atoms with van der Waals surface area (Å²) in [7, 11) is 0. The Hall–Kier alpha value is -2.63. The van der Waals surface area contributed by atoms with Gasteiger partial charge in [-0.25, -0.2) is 0 Å². The van der Waals surface area contributed by atoms with Crippen molar-refractivity contribution in [3.05, 3.63) is 45.3 Å². The number of nitrogens with zero attached hydrogens (tertiary/aromatic N) is 4. The third kappa shape index (κ3) is 4.27. The number of alkyl halides is 3. The molecule has 1 aromatic carbocycles. The van der Waals surface area contributed by atoms with Crippen molar-refractivity contribution in [3.8, 4) is 17.9 Å². The van der Waals surface area contributed by atoms with Crippen molar-refractivity contribution in [2.24, 2.45) is 5.11 Å². The molecule has 0 atom stereocenters. The van der Waals surface area contributed by atoms with Crippen molar-refractivity contribution in [1.82, 2.24) is 0 Å². The lowest BCUT2D eigenvalue weighted by molar-refractivity contribution is -0.137. The Bertz CT molecular complexity index is 611. The average molecular weight is 264 g/mol. The van der Waals surface area contributed by atoms with Crippen LogP contribution in [0.15, 0.2) is 23.3 Å². The van der Waals surface area contributed by atoms with Gasteiger partial charge in [0.05, 0.1) is 17.2 Å². The number of azide groups is 1. The van der Waals surface area contributed by atoms with Crippen LogP contribution in [0.1, 0.15) is 23.1 Å². The monoisotopic (exact) mass is 264 g/mol. The van der Waals surface area contributed by atoms with Crippen molar-refractivity contribution < 1.29 is 13.2 Å². The molecule has 0 aliphatic heterocycles. The molecular formula is C12H7F3N4. The fourth-order valence-corrected chi connectivity index (χ4v) is 1.27. The lowest BCUT2D eigenvalue weighted by atomic mass is 10.0. The van der Waals surface area contributed by atoms with E-state index in [0.717, 1.165) is 12.1 Å². The number of hydrogen-bond donors (Lipinski definition) is 0. The summed E-state index contributed by atoms with van der Waals surface area (Å²) in [5.41, 5.74) is 6.80. The molecule has 0 spiro atoms. The van der Waals surface area contributed by atoms with Gasteiger partial charge in [-0.2, -0.15) is 18.4 Å². The molecule has 1 rings (SSSR count). The van der Waals surface area contributed by atoms with Crippen molar-refractivity contribution in [3.63, 3.8) is 0 Å². The van der Waals surface area contributed by atoms with Gasteiger partial charge in [0.15, 0.2) is 0 Å². The van der Waals surface area contributed by atoms with Crippen molar-refractivity contribution in [2.45, 2.75) is 12.6 Å². The van der Waals surface area contributed by atoms with Gasteiger partial charge in [0.25, 0.3) is 0 Å². The summed E-state index contributed by atoms with van der Waals surface area (Å²) in [5.74, 6) is 4.86. The molecule has 0 amide bonds. The molecule has 96 valence electrons. The van der Waals surface area contributed by atoms with Crippen LogP contribution < -0.4 is 0 Å². The van der Waals surface area contributed by atoms with Gasteiger partial charge in [0.2, 0.25) is 0 Å². The van der Waals surface area contributed by atoms with Crippen LogP contribution in [0.25, 0.3) is 10.4 Å². The van der Waals surface area contributed by atoms with E-state index in [1.54, 1.807) is 6.07 Å². The molecule has 0 aliphatic rings. The molecular weight excluding hydrogens is 257 g/mol. The van der Waals surface area contributed by atoms with Gasteiger partial charge in [0.1, 0.15) is 0 Å². The highest BCUT2D eigenvalue weighted by Crippen LogP contribution is 2.32. The molecule has 0 bridgehead atoms. The average Bonchev–Trinajstić information content (AvgIpc) is 2.37. The van der Waals surface area contributed by atoms with Crippen LogP contribution in [0.3, 0.4) is 0 Å². The number of hydrogen-bond acceptors (Lipinski definition) is 2. The molecule has 19 heavy (non-hydrogen) atoms. The molecule has 0 radical (unpaired) electrons. The van der Waals surface area contributed by atoms with E-state index in [9.17, 15) is 13.2 Å². The van der Waals surface area contributed by atoms with Crippen LogP contribution >= 0.6 is 0 Å². The number of benzene rings is 1. The highest BCUT2D eigenvalue weighted by atomic mass is 19.4. The Kier molecular flexibility index (Phi) is 4.82. The third-order valence-corrected chi connectivity index (χ3v) is 2.08. The smallest absolute Gasteiger partial charge is 0.192 e. The number of nitriles is 1. The molecule has 0 N–H and O–H groups in total. The zero-order chi connectivity index (χ0) is 14.3. The minimum Gasteiger partial charge on any atom is -0.192 e. The normalized spacial score (nSPS) is 9.79. The minimum absolute atomic E-state index is 0.0769. The molecule has 0 aliphatic carbocycles. The fraction of sp³-hybridized carbons (Fsp3) is 0.250. The van der Waals surface area contributed by atoms with Gasteiger partial charge in [-0.1, -0.05) is 17.0 Å². The molecule has 0 aromatic heterocycles. The molecule has 0 saturated heterocycles. The van der Waals surface area contributed by atoms with E-state index in [4.69, 9.17) is 10.8 Å². The molecule has 0 unspecified atom stereocenters. The van der Waals surface area contributed by atoms with Crippen LogP contribution in [0.5, 0.6) is 0 Å². The van der Waals surface area contributed by atoms with Crippen LogP contribution in [-0.2, 0) is 6.18 Å². The molecule has 1 aromatic rings. The quantitative estimate of drug-likeness (QED) is 0.264. The maximum Gasteiger partial charge on any atom is 0.417 e. The Morgan fingerprint density at radius 2 is 2.11 bits per heavy atom. The van der Waals surface area contributed by atoms with Gasteiger partial charge < -0.3 is 0 Å². The van der Waals surface area contributed by atoms with Crippen LogP contribution in [0.4, 0.5) is 13.2 Å². The highest BCUT2D eigenvalue weighted by Gasteiger charge is 2.33. The van der Waals surface area contributed by atoms with Crippen molar-refractivity contribution >= 4 is 0 Å². The van der Waals surface area contributed by atoms with E-state index in [0.29, 0.717) is 0 Å². The van der Waals surface area contributed by atoms with E-state index in [1.165, 1.54) is 6.07 Å². The lowest BCUT2D eigenvalue weighted by Gasteiger charge is -2.09. The SMILES string of the molecule is N#Cc1ccc(C#CCCN=[N+]=[N-])c(C(F)(F)F)c1. The zero-order valence-corrected chi connectivity index (χ0v) is 9.57. The van der Waals surface area contributed by atoms with Crippen LogP contribution in [-0.4, -0.2) is 6.54 Å². The first-order valence-corrected chi connectivity index (χ1v) is 5.10. The molecule has 0 fully saturated rings. The fourth-order valence-electron chi connectivity index (χ4n) is 1.27. The molecule has 0 heterocycles. The lowest BCUT2D eigenvalue weighted by Crippen LogP contribution is -2.08. The predicted octanol–water partition coefficient (Wildman–Crippen LogP) is 3.63. The zero-order valence-electron chi connectivity index (χ0n) is 9.57. The number of halogens is 3. The maximum atomic E-state index is 12.8. The Morgan fingerprint density at radius 1 is 1.37 bits per heavy atom. The summed E-state index contributed by atoms with van der Waals surface area (Å²) in [5, 5.41) is 11.8. The van der Waals surface area contributed by atoms with Crippen LogP contribution in [0.2, 0.25) is 0 Å². The van der Waals surface area contributed by atoms with Gasteiger partial charge in [-0.3, -0.25) is 0 Å². The highest BCUT2D eigenvalue weighted by molar-refractivity contribution is 5.47. The maximum absolute atomic E-state index is 12.8. The summed E-state index contributed by atoms with van der Waals surface area (Å²) in [6.07, 6.45) is -4.40. The standard InChI is InChI=1S/C12H7F3N4/c13-12(14,15)11-7-9(8-16)4-5-10(11)3-1-2-6-18-19-17/h4-5,7H,2,6H2. The third-order valence-electron chi connectivity index (χ3n) is 2.08. The van der Waals surface area contributed by atoms with Gasteiger partial charge in [-0.15, -0.1) is 0 Å². The minimum atomic E-state index is -4.57.